The van der Waals surface area contributed by atoms with Crippen LogP contribution in [-0.2, 0) is 24.8 Å². The number of rotatable bonds is 10. The third kappa shape index (κ3) is 7.03. The van der Waals surface area contributed by atoms with Crippen LogP contribution in [0, 0.1) is 5.92 Å². The first-order valence-corrected chi connectivity index (χ1v) is 15.5. The van der Waals surface area contributed by atoms with Gasteiger partial charge in [-0.25, -0.2) is 9.67 Å². The number of carbonyl (C=O) groups is 5. The minimum Gasteiger partial charge on any atom is -0.384 e. The number of likely N-dealkylation sites (tertiary alicyclic amines) is 1. The minimum atomic E-state index is -1.32. The highest BCUT2D eigenvalue weighted by molar-refractivity contribution is 6.41. The third-order valence-electron chi connectivity index (χ3n) is 8.76. The summed E-state index contributed by atoms with van der Waals surface area (Å²) < 4.78 is 1.48. The van der Waals surface area contributed by atoms with Gasteiger partial charge in [-0.1, -0.05) is 43.4 Å². The lowest BCUT2D eigenvalue weighted by Crippen LogP contribution is -2.52. The minimum absolute atomic E-state index is 0.0144. The number of benzene rings is 1. The zero-order valence-electron chi connectivity index (χ0n) is 26.1. The van der Waals surface area contributed by atoms with E-state index in [1.807, 2.05) is 0 Å². The predicted molar refractivity (Wildman–Crippen MR) is 165 cm³/mol. The van der Waals surface area contributed by atoms with E-state index in [0.29, 0.717) is 11.2 Å². The molecule has 5 rings (SSSR count). The summed E-state index contributed by atoms with van der Waals surface area (Å²) in [7, 11) is 0. The van der Waals surface area contributed by atoms with Crippen LogP contribution < -0.4 is 11.1 Å². The van der Waals surface area contributed by atoms with Crippen LogP contribution in [0.2, 0.25) is 0 Å². The SMILES string of the molecule is CC(NC(=O)[C@@H]1C[C@H](n2nncc2C(C)(C)O)CN1C(=O)/C(CC1CCCCC1)=N/C(=O)c1ccc2cn[nH]c2c1)C(=O)C(N)=O. The van der Waals surface area contributed by atoms with E-state index in [4.69, 9.17) is 5.73 Å². The number of aromatic nitrogens is 5. The molecule has 1 aliphatic heterocycles. The van der Waals surface area contributed by atoms with Crippen molar-refractivity contribution in [1.82, 2.24) is 35.4 Å². The molecule has 3 atom stereocenters. The molecule has 15 nitrogen and oxygen atoms in total. The lowest BCUT2D eigenvalue weighted by Gasteiger charge is -2.27. The van der Waals surface area contributed by atoms with Crippen LogP contribution in [0.1, 0.15) is 87.8 Å². The number of carbonyl (C=O) groups excluding carboxylic acids is 5. The molecular formula is C31H39N9O6. The highest BCUT2D eigenvalue weighted by Gasteiger charge is 2.44. The van der Waals surface area contributed by atoms with E-state index in [1.165, 1.54) is 22.7 Å². The maximum Gasteiger partial charge on any atom is 0.287 e. The summed E-state index contributed by atoms with van der Waals surface area (Å²) >= 11 is 0. The van der Waals surface area contributed by atoms with Crippen molar-refractivity contribution in [3.05, 3.63) is 41.9 Å². The van der Waals surface area contributed by atoms with Crippen molar-refractivity contribution in [2.45, 2.75) is 89.4 Å². The molecule has 3 heterocycles. The van der Waals surface area contributed by atoms with Gasteiger partial charge in [0.25, 0.3) is 17.7 Å². The van der Waals surface area contributed by atoms with Gasteiger partial charge >= 0.3 is 0 Å². The van der Waals surface area contributed by atoms with Crippen LogP contribution in [0.3, 0.4) is 0 Å². The fourth-order valence-corrected chi connectivity index (χ4v) is 6.27. The van der Waals surface area contributed by atoms with Gasteiger partial charge in [0, 0.05) is 23.9 Å². The first-order valence-electron chi connectivity index (χ1n) is 15.5. The molecule has 244 valence electrons. The van der Waals surface area contributed by atoms with Crippen LogP contribution in [0.4, 0.5) is 0 Å². The Morgan fingerprint density at radius 2 is 1.89 bits per heavy atom. The Labute approximate surface area is 265 Å². The number of H-pyrrole nitrogens is 1. The van der Waals surface area contributed by atoms with Gasteiger partial charge < -0.3 is 21.1 Å². The third-order valence-corrected chi connectivity index (χ3v) is 8.76. The summed E-state index contributed by atoms with van der Waals surface area (Å²) in [6.07, 6.45) is 8.23. The highest BCUT2D eigenvalue weighted by Crippen LogP contribution is 2.33. The molecule has 46 heavy (non-hydrogen) atoms. The summed E-state index contributed by atoms with van der Waals surface area (Å²) in [4.78, 5) is 70.9. The smallest absolute Gasteiger partial charge is 0.287 e. The molecule has 2 aliphatic rings. The fourth-order valence-electron chi connectivity index (χ4n) is 6.27. The number of hydrogen-bond acceptors (Lipinski definition) is 9. The van der Waals surface area contributed by atoms with Crippen molar-refractivity contribution in [2.75, 3.05) is 6.54 Å². The van der Waals surface area contributed by atoms with E-state index in [0.717, 1.165) is 37.5 Å². The zero-order valence-corrected chi connectivity index (χ0v) is 26.1. The summed E-state index contributed by atoms with van der Waals surface area (Å²) in [5.41, 5.74) is 5.14. The fraction of sp³-hybridized carbons (Fsp3) is 0.516. The van der Waals surface area contributed by atoms with Crippen LogP contribution in [0.25, 0.3) is 10.9 Å². The Hall–Kier alpha value is -4.79. The molecule has 1 saturated carbocycles. The van der Waals surface area contributed by atoms with Crippen LogP contribution >= 0.6 is 0 Å². The monoisotopic (exact) mass is 633 g/mol. The molecule has 1 aromatic carbocycles. The standard InChI is InChI=1S/C31H39N9O6/c1-17(26(41)27(32)42)35-29(44)24-13-21(40-25(15-34-38-40)31(2,3)46)16-39(24)30(45)23(11-18-7-5-4-6-8-18)36-28(43)19-9-10-20-14-33-37-22(20)12-19/h9-10,12,14-15,17-18,21,24,46H,4-8,11,13,16H2,1-3H3,(H2,32,42)(H,33,37)(H,35,44)/b36-23+/t17?,21-,24-/m0/s1. The first kappa shape index (κ1) is 32.6. The van der Waals surface area contributed by atoms with Gasteiger partial charge in [-0.3, -0.25) is 29.1 Å². The second-order valence-electron chi connectivity index (χ2n) is 12.7. The van der Waals surface area contributed by atoms with E-state index in [9.17, 15) is 29.1 Å². The number of hydrogen-bond donors (Lipinski definition) is 4. The second-order valence-corrected chi connectivity index (χ2v) is 12.7. The van der Waals surface area contributed by atoms with Gasteiger partial charge in [-0.15, -0.1) is 5.10 Å². The number of nitrogens with zero attached hydrogens (tertiary/aromatic N) is 6. The van der Waals surface area contributed by atoms with Gasteiger partial charge in [0.05, 0.1) is 35.7 Å². The summed E-state index contributed by atoms with van der Waals surface area (Å²) in [6, 6.07) is 2.05. The van der Waals surface area contributed by atoms with Crippen LogP contribution in [-0.4, -0.2) is 88.9 Å². The Bertz CT molecular complexity index is 1680. The van der Waals surface area contributed by atoms with Crippen molar-refractivity contribution in [3.8, 4) is 0 Å². The van der Waals surface area contributed by atoms with Gasteiger partial charge in [-0.05, 0) is 45.2 Å². The van der Waals surface area contributed by atoms with Crippen molar-refractivity contribution in [3.63, 3.8) is 0 Å². The van der Waals surface area contributed by atoms with Gasteiger partial charge in [0.2, 0.25) is 11.7 Å². The molecule has 1 aliphatic carbocycles. The molecule has 1 saturated heterocycles. The molecule has 0 bridgehead atoms. The number of ketones is 1. The van der Waals surface area contributed by atoms with Crippen molar-refractivity contribution < 1.29 is 29.1 Å². The molecule has 5 N–H and O–H groups in total. The molecule has 2 fully saturated rings. The Balaban J connectivity index is 1.50. The maximum atomic E-state index is 14.4. The summed E-state index contributed by atoms with van der Waals surface area (Å²) in [5.74, 6) is -3.93. The van der Waals surface area contributed by atoms with Crippen molar-refractivity contribution in [1.29, 1.82) is 0 Å². The number of nitrogens with two attached hydrogens (primary N) is 1. The lowest BCUT2D eigenvalue weighted by atomic mass is 9.85. The average molecular weight is 634 g/mol. The Morgan fingerprint density at radius 3 is 2.59 bits per heavy atom. The predicted octanol–water partition coefficient (Wildman–Crippen LogP) is 1.33. The number of amides is 4. The number of aliphatic imine (C=N–C) groups is 1. The molecule has 3 aromatic rings. The lowest BCUT2D eigenvalue weighted by molar-refractivity contribution is -0.139. The zero-order chi connectivity index (χ0) is 33.2. The van der Waals surface area contributed by atoms with E-state index in [1.54, 1.807) is 38.2 Å². The highest BCUT2D eigenvalue weighted by atomic mass is 16.3. The van der Waals surface area contributed by atoms with E-state index < -0.39 is 53.1 Å². The maximum absolute atomic E-state index is 14.4. The molecule has 2 aromatic heterocycles. The molecular weight excluding hydrogens is 594 g/mol. The topological polar surface area (TPSA) is 219 Å². The number of fused-ring (bicyclic) bond motifs is 1. The largest absolute Gasteiger partial charge is 0.384 e. The van der Waals surface area contributed by atoms with Crippen molar-refractivity contribution in [2.24, 2.45) is 16.6 Å². The normalized spacial score (nSPS) is 20.1. The Morgan fingerprint density at radius 1 is 1.15 bits per heavy atom. The molecule has 0 radical (unpaired) electrons. The molecule has 15 heteroatoms. The molecule has 0 spiro atoms. The number of Topliss-reactive ketones (excluding diaryl/α,β-unsaturated/α-hetero) is 1. The van der Waals surface area contributed by atoms with E-state index >= 15 is 0 Å². The molecule has 1 unspecified atom stereocenters. The first-order chi connectivity index (χ1) is 21.8. The average Bonchev–Trinajstić information content (AvgIpc) is 3.79. The second kappa shape index (κ2) is 13.3. The van der Waals surface area contributed by atoms with E-state index in [-0.39, 0.29) is 36.6 Å². The van der Waals surface area contributed by atoms with Gasteiger partial charge in [0.1, 0.15) is 17.4 Å². The molecule has 4 amide bonds. The summed E-state index contributed by atoms with van der Waals surface area (Å²) in [6.45, 7) is 4.46. The number of nitrogens with one attached hydrogen (secondary N) is 2. The quantitative estimate of drug-likeness (QED) is 0.187. The Kier molecular flexibility index (Phi) is 9.42. The van der Waals surface area contributed by atoms with Crippen LogP contribution in [0.15, 0.2) is 35.6 Å². The number of aromatic amines is 1. The van der Waals surface area contributed by atoms with Gasteiger partial charge in [-0.2, -0.15) is 5.10 Å². The van der Waals surface area contributed by atoms with Gasteiger partial charge in [0.15, 0.2) is 0 Å². The van der Waals surface area contributed by atoms with Crippen molar-refractivity contribution >= 4 is 46.0 Å². The van der Waals surface area contributed by atoms with E-state index in [2.05, 4.69) is 30.8 Å². The number of primary amides is 1. The van der Waals surface area contributed by atoms with Crippen LogP contribution in [0.5, 0.6) is 0 Å². The number of aliphatic hydroxyl groups is 1. The summed E-state index contributed by atoms with van der Waals surface area (Å²) in [5, 5.41) is 29.0.